The van der Waals surface area contributed by atoms with Gasteiger partial charge in [0.1, 0.15) is 18.1 Å². The molecule has 6 rings (SSSR count). The highest BCUT2D eigenvalue weighted by molar-refractivity contribution is 5.96. The van der Waals surface area contributed by atoms with Crippen LogP contribution in [0.5, 0.6) is 5.75 Å². The Morgan fingerprint density at radius 3 is 2.66 bits per heavy atom. The maximum atomic E-state index is 13.5. The van der Waals surface area contributed by atoms with E-state index in [-0.39, 0.29) is 17.3 Å². The normalized spacial score (nSPS) is 18.2. The second-order valence-electron chi connectivity index (χ2n) is 9.64. The fraction of sp³-hybridized carbons (Fsp3) is 0.296. The van der Waals surface area contributed by atoms with Crippen LogP contribution in [0.15, 0.2) is 60.9 Å². The molecule has 1 aromatic heterocycles. The molecule has 0 unspecified atom stereocenters. The van der Waals surface area contributed by atoms with Gasteiger partial charge in [-0.3, -0.25) is 14.8 Å². The van der Waals surface area contributed by atoms with Crippen LogP contribution in [0, 0.1) is 22.6 Å². The highest BCUT2D eigenvalue weighted by Gasteiger charge is 2.53. The van der Waals surface area contributed by atoms with Crippen LogP contribution < -0.4 is 9.64 Å². The molecule has 2 amide bonds. The lowest BCUT2D eigenvalue weighted by Crippen LogP contribution is -2.73. The van der Waals surface area contributed by atoms with Gasteiger partial charge in [-0.15, -0.1) is 0 Å². The van der Waals surface area contributed by atoms with E-state index in [1.54, 1.807) is 41.6 Å². The lowest BCUT2D eigenvalue weighted by Gasteiger charge is -2.60. The van der Waals surface area contributed by atoms with Crippen molar-refractivity contribution in [2.45, 2.75) is 6.54 Å². The number of nitriles is 1. The molecule has 35 heavy (non-hydrogen) atoms. The lowest BCUT2D eigenvalue weighted by molar-refractivity contribution is -0.0974. The third-order valence-electron chi connectivity index (χ3n) is 7.02. The smallest absolute Gasteiger partial charge is 0.324 e. The molecule has 0 radical (unpaired) electrons. The van der Waals surface area contributed by atoms with Crippen LogP contribution in [-0.4, -0.2) is 60.1 Å². The van der Waals surface area contributed by atoms with Gasteiger partial charge >= 0.3 is 6.03 Å². The summed E-state index contributed by atoms with van der Waals surface area (Å²) in [5, 5.41) is 9.07. The fourth-order valence-electron chi connectivity index (χ4n) is 5.45. The number of halogens is 1. The minimum Gasteiger partial charge on any atom is -0.489 e. The number of fused-ring (bicyclic) bond motifs is 1. The van der Waals surface area contributed by atoms with E-state index in [4.69, 9.17) is 10.00 Å². The molecule has 4 heterocycles. The monoisotopic (exact) mass is 469 g/mol. The Balaban J connectivity index is 1.12. The summed E-state index contributed by atoms with van der Waals surface area (Å²) >= 11 is 0. The van der Waals surface area contributed by atoms with E-state index >= 15 is 0 Å². The van der Waals surface area contributed by atoms with Crippen molar-refractivity contribution in [3.63, 3.8) is 0 Å². The Labute approximate surface area is 203 Å². The predicted octanol–water partition coefficient (Wildman–Crippen LogP) is 3.90. The van der Waals surface area contributed by atoms with Crippen molar-refractivity contribution in [2.75, 3.05) is 44.2 Å². The van der Waals surface area contributed by atoms with Gasteiger partial charge in [0.15, 0.2) is 5.75 Å². The summed E-state index contributed by atoms with van der Waals surface area (Å²) in [4.78, 5) is 23.7. The Morgan fingerprint density at radius 2 is 1.91 bits per heavy atom. The fourth-order valence-corrected chi connectivity index (χ4v) is 5.45. The first-order valence-electron chi connectivity index (χ1n) is 11.7. The molecule has 3 aliphatic rings. The summed E-state index contributed by atoms with van der Waals surface area (Å²) in [7, 11) is 0. The number of anilines is 1. The van der Waals surface area contributed by atoms with Gasteiger partial charge in [0.25, 0.3) is 0 Å². The molecular formula is C27H24FN5O2. The summed E-state index contributed by atoms with van der Waals surface area (Å²) in [6, 6.07) is 16.1. The third kappa shape index (κ3) is 3.88. The van der Waals surface area contributed by atoms with Crippen LogP contribution in [0.4, 0.5) is 14.9 Å². The maximum Gasteiger partial charge on any atom is 0.324 e. The highest BCUT2D eigenvalue weighted by atomic mass is 19.1. The molecule has 0 atom stereocenters. The van der Waals surface area contributed by atoms with Gasteiger partial charge in [-0.2, -0.15) is 5.26 Å². The number of nitrogens with zero attached hydrogens (tertiary/aromatic N) is 5. The van der Waals surface area contributed by atoms with Crippen molar-refractivity contribution >= 4 is 11.7 Å². The number of amides is 2. The first-order chi connectivity index (χ1) is 17.0. The maximum absolute atomic E-state index is 13.5. The Bertz CT molecular complexity index is 1320. The largest absolute Gasteiger partial charge is 0.489 e. The van der Waals surface area contributed by atoms with Crippen LogP contribution >= 0.6 is 0 Å². The van der Waals surface area contributed by atoms with Crippen molar-refractivity contribution in [3.05, 3.63) is 77.9 Å². The van der Waals surface area contributed by atoms with Gasteiger partial charge in [-0.1, -0.05) is 24.3 Å². The number of hydrogen-bond donors (Lipinski definition) is 0. The van der Waals surface area contributed by atoms with E-state index < -0.39 is 0 Å². The topological polar surface area (TPSA) is 72.7 Å². The number of carbonyl (C=O) groups excluding carboxylic acids is 1. The average Bonchev–Trinajstić information content (AvgIpc) is 2.83. The minimum atomic E-state index is -0.208. The molecule has 2 aromatic carbocycles. The molecule has 1 spiro atoms. The van der Waals surface area contributed by atoms with Crippen LogP contribution in [0.1, 0.15) is 11.1 Å². The highest BCUT2D eigenvalue weighted by Crippen LogP contribution is 2.43. The molecular weight excluding hydrogens is 445 g/mol. The van der Waals surface area contributed by atoms with Crippen LogP contribution in [0.25, 0.3) is 11.1 Å². The van der Waals surface area contributed by atoms with Crippen LogP contribution in [0.3, 0.4) is 0 Å². The second-order valence-corrected chi connectivity index (χ2v) is 9.64. The summed E-state index contributed by atoms with van der Waals surface area (Å²) in [5.74, 6) is 0.435. The average molecular weight is 470 g/mol. The molecule has 2 fully saturated rings. The molecule has 7 nitrogen and oxygen atoms in total. The third-order valence-corrected chi connectivity index (χ3v) is 7.02. The summed E-state index contributed by atoms with van der Waals surface area (Å²) in [6.07, 6.45) is 3.41. The molecule has 0 N–H and O–H groups in total. The standard InChI is InChI=1S/C27H24FN5O2/c28-22-3-1-2-20(10-22)14-31-15-27(16-31)17-32(18-27)26(34)33-8-9-35-25-23(12-30-13-24(25)33)21-6-4-19(11-29)5-7-21/h1-7,10,12-13H,8-9,14-18H2. The Morgan fingerprint density at radius 1 is 1.11 bits per heavy atom. The molecule has 8 heteroatoms. The van der Waals surface area contributed by atoms with E-state index in [1.807, 2.05) is 23.1 Å². The molecule has 0 saturated carbocycles. The molecule has 3 aromatic rings. The molecule has 0 bridgehead atoms. The Kier molecular flexibility index (Phi) is 5.15. The number of hydrogen-bond acceptors (Lipinski definition) is 5. The van der Waals surface area contributed by atoms with Crippen molar-refractivity contribution in [1.29, 1.82) is 5.26 Å². The quantitative estimate of drug-likeness (QED) is 0.582. The zero-order valence-electron chi connectivity index (χ0n) is 19.2. The van der Waals surface area contributed by atoms with E-state index in [0.29, 0.717) is 30.2 Å². The summed E-state index contributed by atoms with van der Waals surface area (Å²) in [6.45, 7) is 4.89. The number of pyridine rings is 1. The number of ether oxygens (including phenoxy) is 1. The Hall–Kier alpha value is -3.96. The van der Waals surface area contributed by atoms with Crippen LogP contribution in [0.2, 0.25) is 0 Å². The molecule has 2 saturated heterocycles. The van der Waals surface area contributed by atoms with Gasteiger partial charge < -0.3 is 9.64 Å². The number of carbonyl (C=O) groups is 1. The van der Waals surface area contributed by atoms with Gasteiger partial charge in [0.05, 0.1) is 24.4 Å². The van der Waals surface area contributed by atoms with E-state index in [2.05, 4.69) is 16.0 Å². The van der Waals surface area contributed by atoms with Crippen LogP contribution in [-0.2, 0) is 6.54 Å². The minimum absolute atomic E-state index is 0.0254. The van der Waals surface area contributed by atoms with E-state index in [9.17, 15) is 9.18 Å². The predicted molar refractivity (Wildman–Crippen MR) is 128 cm³/mol. The van der Waals surface area contributed by atoms with Crippen molar-refractivity contribution in [2.24, 2.45) is 5.41 Å². The van der Waals surface area contributed by atoms with E-state index in [1.165, 1.54) is 6.07 Å². The van der Waals surface area contributed by atoms with Crippen molar-refractivity contribution in [3.8, 4) is 22.9 Å². The number of urea groups is 1. The molecule has 176 valence electrons. The first kappa shape index (κ1) is 21.6. The van der Waals surface area contributed by atoms with Crippen molar-refractivity contribution < 1.29 is 13.9 Å². The zero-order valence-corrected chi connectivity index (χ0v) is 19.2. The molecule has 0 aliphatic carbocycles. The number of aromatic nitrogens is 1. The zero-order chi connectivity index (χ0) is 24.0. The number of benzene rings is 2. The number of rotatable bonds is 3. The summed E-state index contributed by atoms with van der Waals surface area (Å²) in [5.41, 5.74) is 4.06. The first-order valence-corrected chi connectivity index (χ1v) is 11.7. The molecule has 3 aliphatic heterocycles. The van der Waals surface area contributed by atoms with Gasteiger partial charge in [0, 0.05) is 49.9 Å². The second kappa shape index (κ2) is 8.36. The van der Waals surface area contributed by atoms with Gasteiger partial charge in [-0.25, -0.2) is 9.18 Å². The van der Waals surface area contributed by atoms with E-state index in [0.717, 1.165) is 49.4 Å². The number of likely N-dealkylation sites (tertiary alicyclic amines) is 2. The van der Waals surface area contributed by atoms with Crippen molar-refractivity contribution in [1.82, 2.24) is 14.8 Å². The van der Waals surface area contributed by atoms with Gasteiger partial charge in [0.2, 0.25) is 0 Å². The van der Waals surface area contributed by atoms with Gasteiger partial charge in [-0.05, 0) is 35.4 Å². The lowest BCUT2D eigenvalue weighted by atomic mass is 9.73. The summed E-state index contributed by atoms with van der Waals surface area (Å²) < 4.78 is 19.4. The SMILES string of the molecule is N#Cc1ccc(-c2cncc3c2OCCN3C(=O)N2CC3(CN(Cc4cccc(F)c4)C3)C2)cc1.